The summed E-state index contributed by atoms with van der Waals surface area (Å²) in [6.45, 7) is 1.32. The van der Waals surface area contributed by atoms with Crippen LogP contribution in [0.5, 0.6) is 0 Å². The lowest BCUT2D eigenvalue weighted by atomic mass is 10.3. The molecular weight excluding hydrogens is 126 g/mol. The molecule has 0 amide bonds. The maximum atomic E-state index is 11.7. The molecule has 1 heterocycles. The van der Waals surface area contributed by atoms with Crippen molar-refractivity contribution in [2.45, 2.75) is 12.5 Å². The molecule has 0 bridgehead atoms. The molecule has 1 atom stereocenters. The van der Waals surface area contributed by atoms with Gasteiger partial charge in [-0.3, -0.25) is 4.99 Å². The molecule has 9 heavy (non-hydrogen) atoms. The average molecular weight is 132 g/mol. The molecule has 1 aliphatic heterocycles. The van der Waals surface area contributed by atoms with E-state index in [2.05, 4.69) is 11.3 Å². The minimum Gasteiger partial charge on any atom is -0.349 e. The third-order valence-electron chi connectivity index (χ3n) is 0.999. The van der Waals surface area contributed by atoms with Crippen LogP contribution in [0.15, 0.2) is 4.99 Å². The van der Waals surface area contributed by atoms with Gasteiger partial charge >= 0.3 is 0 Å². The van der Waals surface area contributed by atoms with Crippen LogP contribution in [0.4, 0.5) is 8.78 Å². The predicted molar refractivity (Wildman–Crippen MR) is 29.3 cm³/mol. The molecule has 1 rings (SSSR count). The Balaban J connectivity index is 2.41. The second-order valence-electron chi connectivity index (χ2n) is 1.81. The Bertz CT molecular complexity index is 124. The van der Waals surface area contributed by atoms with Crippen LogP contribution >= 0.6 is 0 Å². The number of halogens is 2. The van der Waals surface area contributed by atoms with E-state index in [1.165, 1.54) is 11.4 Å². The Morgan fingerprint density at radius 1 is 1.78 bits per heavy atom. The van der Waals surface area contributed by atoms with Crippen molar-refractivity contribution in [3.05, 3.63) is 6.54 Å². The maximum absolute atomic E-state index is 11.7. The summed E-state index contributed by atoms with van der Waals surface area (Å²) in [5.74, 6) is 0. The van der Waals surface area contributed by atoms with Crippen LogP contribution in [-0.4, -0.2) is 30.8 Å². The lowest BCUT2D eigenvalue weighted by Crippen LogP contribution is -2.18. The Morgan fingerprint density at radius 3 is 2.67 bits per heavy atom. The molecule has 1 aliphatic rings. The summed E-state index contributed by atoms with van der Waals surface area (Å²) in [6, 6.07) is -0.977. The van der Waals surface area contributed by atoms with Crippen molar-refractivity contribution in [3.63, 3.8) is 0 Å². The highest BCUT2D eigenvalue weighted by atomic mass is 19.3. The van der Waals surface area contributed by atoms with Crippen molar-refractivity contribution in [2.24, 2.45) is 4.99 Å². The number of nitrogens with zero attached hydrogens (tertiary/aromatic N) is 2. The van der Waals surface area contributed by atoms with Crippen LogP contribution in [-0.2, 0) is 0 Å². The average Bonchev–Trinajstić information content (AvgIpc) is 2.14. The fourth-order valence-corrected chi connectivity index (χ4v) is 0.575. The zero-order chi connectivity index (χ0) is 6.85. The number of hydrogen-bond acceptors (Lipinski definition) is 2. The third-order valence-corrected chi connectivity index (χ3v) is 0.999. The number of rotatable bonds is 1. The Morgan fingerprint density at radius 2 is 2.44 bits per heavy atom. The molecule has 0 fully saturated rings. The first-order valence-electron chi connectivity index (χ1n) is 2.51. The first-order chi connectivity index (χ1) is 4.20. The largest absolute Gasteiger partial charge is 0.349 e. The van der Waals surface area contributed by atoms with Crippen molar-refractivity contribution < 1.29 is 8.78 Å². The predicted octanol–water partition coefficient (Wildman–Crippen LogP) is 0.633. The van der Waals surface area contributed by atoms with Gasteiger partial charge in [0.25, 0.3) is 6.43 Å². The van der Waals surface area contributed by atoms with Crippen LogP contribution < -0.4 is 0 Å². The van der Waals surface area contributed by atoms with Gasteiger partial charge in [0.15, 0.2) is 6.34 Å². The molecule has 0 aromatic heterocycles. The van der Waals surface area contributed by atoms with Crippen LogP contribution in [0.2, 0.25) is 0 Å². The quantitative estimate of drug-likeness (QED) is 0.511. The Hall–Kier alpha value is -0.670. The van der Waals surface area contributed by atoms with E-state index in [9.17, 15) is 8.78 Å². The van der Waals surface area contributed by atoms with Crippen molar-refractivity contribution >= 4 is 6.34 Å². The normalized spacial score (nSPS) is 26.2. The van der Waals surface area contributed by atoms with Crippen molar-refractivity contribution in [2.75, 3.05) is 7.05 Å². The van der Waals surface area contributed by atoms with Crippen molar-refractivity contribution in [3.8, 4) is 0 Å². The molecular formula is C5H6F2N2. The van der Waals surface area contributed by atoms with E-state index in [0.29, 0.717) is 0 Å². The van der Waals surface area contributed by atoms with Gasteiger partial charge in [-0.05, 0) is 0 Å². The third kappa shape index (κ3) is 1.37. The molecule has 2 radical (unpaired) electrons. The minimum atomic E-state index is -2.40. The van der Waals surface area contributed by atoms with Crippen LogP contribution in [0.25, 0.3) is 0 Å². The highest BCUT2D eigenvalue weighted by molar-refractivity contribution is 5.59. The monoisotopic (exact) mass is 132 g/mol. The summed E-state index contributed by atoms with van der Waals surface area (Å²) in [5, 5.41) is 0. The summed E-state index contributed by atoms with van der Waals surface area (Å²) in [5.41, 5.74) is 0. The van der Waals surface area contributed by atoms with E-state index in [1.54, 1.807) is 7.05 Å². The second kappa shape index (κ2) is 2.29. The first kappa shape index (κ1) is 6.45. The Kier molecular flexibility index (Phi) is 1.64. The van der Waals surface area contributed by atoms with Crippen LogP contribution in [0, 0.1) is 6.54 Å². The highest BCUT2D eigenvalue weighted by Gasteiger charge is 2.24. The fraction of sp³-hybridized carbons (Fsp3) is 0.600. The first-order valence-corrected chi connectivity index (χ1v) is 2.51. The van der Waals surface area contributed by atoms with Gasteiger partial charge in [-0.15, -0.1) is 0 Å². The van der Waals surface area contributed by atoms with Crippen LogP contribution in [0.3, 0.4) is 0 Å². The second-order valence-corrected chi connectivity index (χ2v) is 1.81. The van der Waals surface area contributed by atoms with E-state index in [1.807, 2.05) is 0 Å². The fourth-order valence-electron chi connectivity index (χ4n) is 0.575. The lowest BCUT2D eigenvalue weighted by Gasteiger charge is -2.06. The van der Waals surface area contributed by atoms with E-state index in [-0.39, 0.29) is 0 Å². The SMILES string of the molecule is CN1[C]=NC(C(F)F)[CH]1. The minimum absolute atomic E-state index is 0.977. The van der Waals surface area contributed by atoms with Gasteiger partial charge < -0.3 is 4.90 Å². The summed E-state index contributed by atoms with van der Waals surface area (Å²) >= 11 is 0. The van der Waals surface area contributed by atoms with Gasteiger partial charge in [0.2, 0.25) is 0 Å². The summed E-state index contributed by atoms with van der Waals surface area (Å²) in [4.78, 5) is 4.79. The maximum Gasteiger partial charge on any atom is 0.262 e. The molecule has 50 valence electrons. The van der Waals surface area contributed by atoms with Crippen molar-refractivity contribution in [1.82, 2.24) is 4.90 Å². The van der Waals surface area contributed by atoms with E-state index in [4.69, 9.17) is 0 Å². The van der Waals surface area contributed by atoms with Gasteiger partial charge in [-0.25, -0.2) is 8.78 Å². The van der Waals surface area contributed by atoms with E-state index < -0.39 is 12.5 Å². The topological polar surface area (TPSA) is 15.6 Å². The smallest absolute Gasteiger partial charge is 0.262 e. The van der Waals surface area contributed by atoms with Gasteiger partial charge in [0.05, 0.1) is 6.54 Å². The number of alkyl halides is 2. The highest BCUT2D eigenvalue weighted by Crippen LogP contribution is 2.13. The van der Waals surface area contributed by atoms with E-state index in [0.717, 1.165) is 0 Å². The molecule has 0 spiro atoms. The van der Waals surface area contributed by atoms with Gasteiger partial charge in [0.1, 0.15) is 6.04 Å². The summed E-state index contributed by atoms with van der Waals surface area (Å²) < 4.78 is 23.4. The molecule has 0 aromatic carbocycles. The van der Waals surface area contributed by atoms with Gasteiger partial charge in [0, 0.05) is 7.05 Å². The molecule has 0 aliphatic carbocycles. The van der Waals surface area contributed by atoms with E-state index >= 15 is 0 Å². The van der Waals surface area contributed by atoms with Gasteiger partial charge in [-0.2, -0.15) is 0 Å². The van der Waals surface area contributed by atoms with Crippen LogP contribution in [0.1, 0.15) is 0 Å². The standard InChI is InChI=1S/C5H6F2N2/c1-9-2-4(5(6)7)8-3-9/h2,4-5H,1H3. The molecule has 1 unspecified atom stereocenters. The molecule has 0 aromatic rings. The lowest BCUT2D eigenvalue weighted by molar-refractivity contribution is 0.126. The Labute approximate surface area is 52.2 Å². The summed E-state index contributed by atoms with van der Waals surface area (Å²) in [7, 11) is 1.62. The van der Waals surface area contributed by atoms with Crippen molar-refractivity contribution in [1.29, 1.82) is 0 Å². The molecule has 2 nitrogen and oxygen atoms in total. The molecule has 0 saturated heterocycles. The zero-order valence-electron chi connectivity index (χ0n) is 4.88. The number of likely N-dealkylation sites (N-methyl/N-ethyl adjacent to an activating group) is 1. The van der Waals surface area contributed by atoms with Gasteiger partial charge in [-0.1, -0.05) is 0 Å². The molecule has 4 heteroatoms. The molecule has 0 N–H and O–H groups in total. The molecule has 0 saturated carbocycles. The number of aliphatic imine (C=N–C) groups is 1. The zero-order valence-corrected chi connectivity index (χ0v) is 4.88. The number of hydrogen-bond donors (Lipinski definition) is 0. The summed E-state index contributed by atoms with van der Waals surface area (Å²) in [6.07, 6.45) is -0.0269.